The molecule has 1 saturated heterocycles. The van der Waals surface area contributed by atoms with E-state index < -0.39 is 24.2 Å². The molecule has 3 aromatic carbocycles. The minimum atomic E-state index is -0.945. The molecule has 0 bridgehead atoms. The van der Waals surface area contributed by atoms with Gasteiger partial charge in [-0.3, -0.25) is 9.59 Å². The SMILES string of the molecule is Cc1cccc(C)c1SCC(=O)N[C@H](Cc1ccccc1)[C@H](O)C[C@@H](Cc1ccccc1)NC(=O)[C@@H](C(C)C)N1CCCNC1=O. The second kappa shape index (κ2) is 17.2. The standard InChI is InChI=1S/C37H48N4O4S/c1-25(2)34(41-20-12-19-38-37(41)45)36(44)39-30(21-28-15-7-5-8-16-28)23-32(42)31(22-29-17-9-6-10-18-29)40-33(43)24-46-35-26(3)13-11-14-27(35)4/h5-11,13-18,25,30-32,34,42H,12,19-24H2,1-4H3,(H,38,45)(H,39,44)(H,40,43)/t30-,31-,32-,34-/m1/s1. The van der Waals surface area contributed by atoms with Gasteiger partial charge in [-0.1, -0.05) is 92.7 Å². The number of thioether (sulfide) groups is 1. The molecule has 0 saturated carbocycles. The number of nitrogens with zero attached hydrogens (tertiary/aromatic N) is 1. The van der Waals surface area contributed by atoms with Gasteiger partial charge in [0.25, 0.3) is 0 Å². The van der Waals surface area contributed by atoms with Gasteiger partial charge >= 0.3 is 6.03 Å². The van der Waals surface area contributed by atoms with Crippen molar-refractivity contribution < 1.29 is 19.5 Å². The Hall–Kier alpha value is -3.82. The largest absolute Gasteiger partial charge is 0.391 e. The summed E-state index contributed by atoms with van der Waals surface area (Å²) in [5.41, 5.74) is 4.26. The molecule has 9 heteroatoms. The first-order chi connectivity index (χ1) is 22.1. The van der Waals surface area contributed by atoms with Crippen molar-refractivity contribution in [1.82, 2.24) is 20.9 Å². The van der Waals surface area contributed by atoms with Crippen LogP contribution in [0.1, 0.15) is 48.9 Å². The number of aliphatic hydroxyl groups is 1. The van der Waals surface area contributed by atoms with Crippen molar-refractivity contribution >= 4 is 29.6 Å². The molecule has 1 fully saturated rings. The molecular weight excluding hydrogens is 596 g/mol. The van der Waals surface area contributed by atoms with Crippen LogP contribution < -0.4 is 16.0 Å². The highest BCUT2D eigenvalue weighted by molar-refractivity contribution is 8.00. The summed E-state index contributed by atoms with van der Waals surface area (Å²) in [5, 5.41) is 20.9. The van der Waals surface area contributed by atoms with Crippen LogP contribution in [-0.4, -0.2) is 70.9 Å². The van der Waals surface area contributed by atoms with Gasteiger partial charge in [0.15, 0.2) is 0 Å². The number of rotatable bonds is 15. The molecule has 0 unspecified atom stereocenters. The summed E-state index contributed by atoms with van der Waals surface area (Å²) in [6, 6.07) is 23.8. The first kappa shape index (κ1) is 35.0. The topological polar surface area (TPSA) is 111 Å². The lowest BCUT2D eigenvalue weighted by Crippen LogP contribution is -2.59. The minimum Gasteiger partial charge on any atom is -0.391 e. The molecule has 3 aromatic rings. The Balaban J connectivity index is 1.52. The van der Waals surface area contributed by atoms with E-state index in [0.717, 1.165) is 33.6 Å². The van der Waals surface area contributed by atoms with Gasteiger partial charge in [-0.2, -0.15) is 0 Å². The fourth-order valence-corrected chi connectivity index (χ4v) is 7.07. The van der Waals surface area contributed by atoms with Crippen LogP contribution >= 0.6 is 11.8 Å². The van der Waals surface area contributed by atoms with Crippen molar-refractivity contribution in [2.24, 2.45) is 5.92 Å². The third-order valence-electron chi connectivity index (χ3n) is 8.41. The number of carbonyl (C=O) groups is 3. The fraction of sp³-hybridized carbons (Fsp3) is 0.432. The zero-order valence-corrected chi connectivity index (χ0v) is 28.2. The first-order valence-electron chi connectivity index (χ1n) is 16.2. The number of benzene rings is 3. The highest BCUT2D eigenvalue weighted by Gasteiger charge is 2.35. The molecule has 46 heavy (non-hydrogen) atoms. The summed E-state index contributed by atoms with van der Waals surface area (Å²) < 4.78 is 0. The Morgan fingerprint density at radius 1 is 0.891 bits per heavy atom. The predicted octanol–water partition coefficient (Wildman–Crippen LogP) is 5.04. The van der Waals surface area contributed by atoms with Crippen molar-refractivity contribution in [1.29, 1.82) is 0 Å². The van der Waals surface area contributed by atoms with Gasteiger partial charge in [-0.25, -0.2) is 4.79 Å². The average molecular weight is 645 g/mol. The quantitative estimate of drug-likeness (QED) is 0.173. The number of hydrogen-bond acceptors (Lipinski definition) is 5. The van der Waals surface area contributed by atoms with Gasteiger partial charge in [0.2, 0.25) is 11.8 Å². The molecule has 0 spiro atoms. The Kier molecular flexibility index (Phi) is 13.1. The summed E-state index contributed by atoms with van der Waals surface area (Å²) in [5.74, 6) is -0.284. The van der Waals surface area contributed by atoms with Crippen molar-refractivity contribution in [2.75, 3.05) is 18.8 Å². The van der Waals surface area contributed by atoms with E-state index in [2.05, 4.69) is 16.0 Å². The second-order valence-corrected chi connectivity index (χ2v) is 13.5. The smallest absolute Gasteiger partial charge is 0.318 e. The highest BCUT2D eigenvalue weighted by Crippen LogP contribution is 2.26. The Morgan fingerprint density at radius 2 is 1.50 bits per heavy atom. The lowest BCUT2D eigenvalue weighted by atomic mass is 9.92. The van der Waals surface area contributed by atoms with Crippen LogP contribution in [0.25, 0.3) is 0 Å². The van der Waals surface area contributed by atoms with Crippen LogP contribution in [0.2, 0.25) is 0 Å². The van der Waals surface area contributed by atoms with Crippen molar-refractivity contribution in [3.8, 4) is 0 Å². The van der Waals surface area contributed by atoms with Gasteiger partial charge in [0.05, 0.1) is 17.9 Å². The van der Waals surface area contributed by atoms with E-state index in [-0.39, 0.29) is 35.9 Å². The van der Waals surface area contributed by atoms with Crippen molar-refractivity contribution in [3.05, 3.63) is 101 Å². The van der Waals surface area contributed by atoms with Crippen LogP contribution in [0.4, 0.5) is 4.79 Å². The average Bonchev–Trinajstić information content (AvgIpc) is 3.02. The van der Waals surface area contributed by atoms with E-state index in [1.54, 1.807) is 4.90 Å². The number of nitrogens with one attached hydrogen (secondary N) is 3. The van der Waals surface area contributed by atoms with Gasteiger partial charge in [0.1, 0.15) is 6.04 Å². The summed E-state index contributed by atoms with van der Waals surface area (Å²) in [6.45, 7) is 9.07. The van der Waals surface area contributed by atoms with Gasteiger partial charge < -0.3 is 26.0 Å². The normalized spacial score (nSPS) is 15.9. The zero-order chi connectivity index (χ0) is 33.1. The molecular formula is C37H48N4O4S. The van der Waals surface area contributed by atoms with Gasteiger partial charge in [-0.05, 0) is 67.7 Å². The molecule has 1 aliphatic heterocycles. The van der Waals surface area contributed by atoms with Crippen molar-refractivity contribution in [3.63, 3.8) is 0 Å². The molecule has 246 valence electrons. The molecule has 8 nitrogen and oxygen atoms in total. The van der Waals surface area contributed by atoms with E-state index in [9.17, 15) is 19.5 Å². The van der Waals surface area contributed by atoms with E-state index in [4.69, 9.17) is 0 Å². The Bertz CT molecular complexity index is 1420. The van der Waals surface area contributed by atoms with E-state index >= 15 is 0 Å². The van der Waals surface area contributed by atoms with E-state index in [1.807, 2.05) is 107 Å². The van der Waals surface area contributed by atoms with Gasteiger partial charge in [-0.15, -0.1) is 11.8 Å². The van der Waals surface area contributed by atoms with Crippen LogP contribution in [-0.2, 0) is 22.4 Å². The third kappa shape index (κ3) is 10.1. The molecule has 0 radical (unpaired) electrons. The number of carbonyl (C=O) groups excluding carboxylic acids is 3. The molecule has 1 aliphatic rings. The minimum absolute atomic E-state index is 0.106. The molecule has 4 rings (SSSR count). The number of aryl methyl sites for hydroxylation is 2. The molecule has 0 aromatic heterocycles. The summed E-state index contributed by atoms with van der Waals surface area (Å²) in [4.78, 5) is 42.6. The third-order valence-corrected chi connectivity index (χ3v) is 9.75. The number of amides is 4. The summed E-state index contributed by atoms with van der Waals surface area (Å²) >= 11 is 1.50. The van der Waals surface area contributed by atoms with E-state index in [0.29, 0.717) is 25.9 Å². The molecule has 4 amide bonds. The lowest BCUT2D eigenvalue weighted by Gasteiger charge is -2.37. The number of hydrogen-bond donors (Lipinski definition) is 4. The van der Waals surface area contributed by atoms with E-state index in [1.165, 1.54) is 11.8 Å². The molecule has 1 heterocycles. The van der Waals surface area contributed by atoms with Crippen LogP contribution in [0.5, 0.6) is 0 Å². The Labute approximate surface area is 277 Å². The maximum Gasteiger partial charge on any atom is 0.318 e. The first-order valence-corrected chi connectivity index (χ1v) is 17.2. The predicted molar refractivity (Wildman–Crippen MR) is 185 cm³/mol. The fourth-order valence-electron chi connectivity index (χ4n) is 6.12. The van der Waals surface area contributed by atoms with Crippen LogP contribution in [0, 0.1) is 19.8 Å². The molecule has 4 atom stereocenters. The van der Waals surface area contributed by atoms with Crippen LogP contribution in [0.3, 0.4) is 0 Å². The van der Waals surface area contributed by atoms with Crippen molar-refractivity contribution in [2.45, 2.75) is 82.5 Å². The van der Waals surface area contributed by atoms with Gasteiger partial charge in [0, 0.05) is 24.0 Å². The molecule has 4 N–H and O–H groups in total. The Morgan fingerprint density at radius 3 is 2.09 bits per heavy atom. The maximum atomic E-state index is 13.8. The second-order valence-electron chi connectivity index (χ2n) is 12.5. The number of urea groups is 1. The van der Waals surface area contributed by atoms with Crippen LogP contribution in [0.15, 0.2) is 83.8 Å². The summed E-state index contributed by atoms with van der Waals surface area (Å²) in [7, 11) is 0. The molecule has 0 aliphatic carbocycles. The summed E-state index contributed by atoms with van der Waals surface area (Å²) in [6.07, 6.45) is 0.987. The lowest BCUT2D eigenvalue weighted by molar-refractivity contribution is -0.128. The monoisotopic (exact) mass is 644 g/mol. The zero-order valence-electron chi connectivity index (χ0n) is 27.4. The highest BCUT2D eigenvalue weighted by atomic mass is 32.2. The maximum absolute atomic E-state index is 13.8. The number of aliphatic hydroxyl groups excluding tert-OH is 1.